The number of allylic oxidation sites excluding steroid dienone is 5. The van der Waals surface area contributed by atoms with Gasteiger partial charge in [0.1, 0.15) is 5.83 Å². The third kappa shape index (κ3) is 8.76. The van der Waals surface area contributed by atoms with Gasteiger partial charge in [-0.15, -0.1) is 0 Å². The molecule has 1 unspecified atom stereocenters. The summed E-state index contributed by atoms with van der Waals surface area (Å²) in [6.45, 7) is 19.5. The van der Waals surface area contributed by atoms with Crippen LogP contribution in [0.3, 0.4) is 0 Å². The highest BCUT2D eigenvalue weighted by atomic mass is 28.3. The fraction of sp³-hybridized carbons (Fsp3) is 0.588. The summed E-state index contributed by atoms with van der Waals surface area (Å²) in [6, 6.07) is 8.50. The summed E-state index contributed by atoms with van der Waals surface area (Å²) >= 11 is 0. The Morgan fingerprint density at radius 2 is 1.74 bits per heavy atom. The van der Waals surface area contributed by atoms with Gasteiger partial charge in [-0.05, 0) is 94.2 Å². The minimum absolute atomic E-state index is 0.0136. The van der Waals surface area contributed by atoms with E-state index in [4.69, 9.17) is 9.47 Å². The van der Waals surface area contributed by atoms with E-state index < -0.39 is 8.24 Å². The summed E-state index contributed by atoms with van der Waals surface area (Å²) < 4.78 is 29.4. The molecular formula is C34H52FNO2Si. The lowest BCUT2D eigenvalue weighted by Crippen LogP contribution is -2.44. The maximum absolute atomic E-state index is 15.4. The second kappa shape index (κ2) is 14.1. The second-order valence-electron chi connectivity index (χ2n) is 13.0. The Morgan fingerprint density at radius 3 is 2.44 bits per heavy atom. The molecule has 216 valence electrons. The van der Waals surface area contributed by atoms with Crippen LogP contribution >= 0.6 is 0 Å². The van der Waals surface area contributed by atoms with Gasteiger partial charge in [-0.3, -0.25) is 0 Å². The van der Waals surface area contributed by atoms with Crippen LogP contribution in [-0.4, -0.2) is 32.0 Å². The van der Waals surface area contributed by atoms with Gasteiger partial charge < -0.3 is 13.7 Å². The molecule has 0 spiro atoms. The molecule has 0 amide bonds. The highest BCUT2D eigenvalue weighted by molar-refractivity contribution is 6.79. The first-order chi connectivity index (χ1) is 18.4. The molecule has 39 heavy (non-hydrogen) atoms. The standard InChI is InChI=1S/C34H52FNO2Si/c1-26(15-13-17-27(2)25-38-33-21-11-12-22-37-33)16-14-18-28(3)31(35)23-29-24-36(39(7,8)34(4,5)6)32-20-10-9-19-30(29)32/h9-10,16-17,19-20,24,33H,11-15,18,21-23,25H2,1-8H3/b26-16+,27-17+,31-28-. The van der Waals surface area contributed by atoms with Crippen molar-refractivity contribution in [3.63, 3.8) is 0 Å². The van der Waals surface area contributed by atoms with Crippen molar-refractivity contribution in [3.8, 4) is 0 Å². The van der Waals surface area contributed by atoms with Crippen molar-refractivity contribution in [3.05, 3.63) is 70.7 Å². The molecule has 5 heteroatoms. The Bertz CT molecular complexity index is 1180. The Balaban J connectivity index is 1.54. The predicted octanol–water partition coefficient (Wildman–Crippen LogP) is 10.3. The van der Waals surface area contributed by atoms with E-state index in [0.717, 1.165) is 56.3 Å². The maximum atomic E-state index is 15.4. The van der Waals surface area contributed by atoms with Crippen molar-refractivity contribution < 1.29 is 13.9 Å². The first-order valence-electron chi connectivity index (χ1n) is 14.9. The number of hydrogen-bond acceptors (Lipinski definition) is 2. The quantitative estimate of drug-likeness (QED) is 0.193. The summed E-state index contributed by atoms with van der Waals surface area (Å²) in [4.78, 5) is 0. The van der Waals surface area contributed by atoms with E-state index >= 15 is 4.39 Å². The second-order valence-corrected chi connectivity index (χ2v) is 18.1. The fourth-order valence-corrected chi connectivity index (χ4v) is 6.98. The fourth-order valence-electron chi connectivity index (χ4n) is 4.98. The van der Waals surface area contributed by atoms with E-state index in [9.17, 15) is 0 Å². The van der Waals surface area contributed by atoms with Crippen LogP contribution in [0.25, 0.3) is 10.9 Å². The molecule has 1 aliphatic heterocycles. The van der Waals surface area contributed by atoms with Gasteiger partial charge in [0.2, 0.25) is 0 Å². The SMILES string of the molecule is C/C(CC/C=C(\C)CC/C=C(\C)COC1CCCCO1)=C(/F)Cc1cn([Si](C)(C)C(C)(C)C)c2ccccc12. The summed E-state index contributed by atoms with van der Waals surface area (Å²) in [7, 11) is -1.81. The molecule has 1 aliphatic rings. The van der Waals surface area contributed by atoms with Crippen molar-refractivity contribution in [1.82, 2.24) is 4.23 Å². The molecule has 0 aliphatic carbocycles. The number of ether oxygens (including phenoxy) is 2. The zero-order chi connectivity index (χ0) is 28.6. The Hall–Kier alpha value is -1.95. The topological polar surface area (TPSA) is 23.4 Å². The molecule has 1 aromatic carbocycles. The highest BCUT2D eigenvalue weighted by Crippen LogP contribution is 2.40. The Labute approximate surface area is 238 Å². The highest BCUT2D eigenvalue weighted by Gasteiger charge is 2.38. The van der Waals surface area contributed by atoms with E-state index in [2.05, 4.69) is 94.6 Å². The van der Waals surface area contributed by atoms with E-state index in [-0.39, 0.29) is 17.2 Å². The lowest BCUT2D eigenvalue weighted by atomic mass is 10.0. The number of para-hydroxylation sites is 1. The number of halogens is 1. The molecule has 3 rings (SSSR count). The number of fused-ring (bicyclic) bond motifs is 1. The van der Waals surface area contributed by atoms with Gasteiger partial charge in [0.05, 0.1) is 6.61 Å². The zero-order valence-corrected chi connectivity index (χ0v) is 26.8. The van der Waals surface area contributed by atoms with Crippen LogP contribution in [0, 0.1) is 0 Å². The molecule has 1 aromatic heterocycles. The van der Waals surface area contributed by atoms with E-state index in [1.807, 2.05) is 6.92 Å². The summed E-state index contributed by atoms with van der Waals surface area (Å²) in [5.41, 5.74) is 5.82. The molecule has 1 fully saturated rings. The van der Waals surface area contributed by atoms with Crippen LogP contribution in [0.2, 0.25) is 18.1 Å². The minimum atomic E-state index is -1.81. The minimum Gasteiger partial charge on any atom is -0.374 e. The van der Waals surface area contributed by atoms with Crippen LogP contribution in [0.15, 0.2) is 65.2 Å². The van der Waals surface area contributed by atoms with Crippen molar-refractivity contribution in [2.45, 2.75) is 117 Å². The monoisotopic (exact) mass is 553 g/mol. The average Bonchev–Trinajstić information content (AvgIpc) is 3.26. The third-order valence-corrected chi connectivity index (χ3v) is 14.0. The Morgan fingerprint density at radius 1 is 1.05 bits per heavy atom. The molecule has 1 saturated heterocycles. The normalized spacial score (nSPS) is 18.5. The third-order valence-electron chi connectivity index (χ3n) is 8.72. The summed E-state index contributed by atoms with van der Waals surface area (Å²) in [5, 5.41) is 1.38. The lowest BCUT2D eigenvalue weighted by Gasteiger charge is -2.38. The molecule has 1 atom stereocenters. The molecule has 0 N–H and O–H groups in total. The van der Waals surface area contributed by atoms with Gasteiger partial charge in [0, 0.05) is 23.9 Å². The van der Waals surface area contributed by atoms with Gasteiger partial charge in [-0.25, -0.2) is 4.39 Å². The molecule has 2 heterocycles. The van der Waals surface area contributed by atoms with Crippen LogP contribution in [-0.2, 0) is 15.9 Å². The first-order valence-corrected chi connectivity index (χ1v) is 17.8. The van der Waals surface area contributed by atoms with Crippen molar-refractivity contribution >= 4 is 19.1 Å². The van der Waals surface area contributed by atoms with Crippen molar-refractivity contribution in [1.29, 1.82) is 0 Å². The molecular weight excluding hydrogens is 501 g/mol. The molecule has 3 nitrogen and oxygen atoms in total. The number of aromatic nitrogens is 1. The summed E-state index contributed by atoms with van der Waals surface area (Å²) in [6.07, 6.45) is 14.1. The van der Waals surface area contributed by atoms with Crippen molar-refractivity contribution in [2.75, 3.05) is 13.2 Å². The number of rotatable bonds is 12. The largest absolute Gasteiger partial charge is 0.374 e. The van der Waals surface area contributed by atoms with Gasteiger partial charge in [-0.1, -0.05) is 75.4 Å². The molecule has 2 aromatic rings. The van der Waals surface area contributed by atoms with Gasteiger partial charge in [0.25, 0.3) is 0 Å². The van der Waals surface area contributed by atoms with Gasteiger partial charge in [-0.2, -0.15) is 0 Å². The maximum Gasteiger partial charge on any atom is 0.161 e. The summed E-state index contributed by atoms with van der Waals surface area (Å²) in [5.74, 6) is 0.0136. The van der Waals surface area contributed by atoms with Crippen LogP contribution < -0.4 is 0 Å². The van der Waals surface area contributed by atoms with E-state index in [0.29, 0.717) is 13.0 Å². The van der Waals surface area contributed by atoms with E-state index in [1.165, 1.54) is 28.5 Å². The molecule has 0 bridgehead atoms. The van der Waals surface area contributed by atoms with Crippen LogP contribution in [0.5, 0.6) is 0 Å². The number of benzene rings is 1. The molecule has 0 radical (unpaired) electrons. The predicted molar refractivity (Wildman–Crippen MR) is 168 cm³/mol. The number of hydrogen-bond donors (Lipinski definition) is 0. The number of nitrogens with zero attached hydrogens (tertiary/aromatic N) is 1. The van der Waals surface area contributed by atoms with Crippen molar-refractivity contribution in [2.24, 2.45) is 0 Å². The molecule has 0 saturated carbocycles. The van der Waals surface area contributed by atoms with Crippen LogP contribution in [0.4, 0.5) is 4.39 Å². The van der Waals surface area contributed by atoms with Crippen LogP contribution in [0.1, 0.15) is 92.1 Å². The van der Waals surface area contributed by atoms with E-state index in [1.54, 1.807) is 0 Å². The average molecular weight is 554 g/mol. The van der Waals surface area contributed by atoms with Gasteiger partial charge >= 0.3 is 0 Å². The first kappa shape index (κ1) is 31.6. The Kier molecular flexibility index (Phi) is 11.4. The zero-order valence-electron chi connectivity index (χ0n) is 25.8. The van der Waals surface area contributed by atoms with Gasteiger partial charge in [0.15, 0.2) is 14.5 Å². The smallest absolute Gasteiger partial charge is 0.161 e. The lowest BCUT2D eigenvalue weighted by molar-refractivity contribution is -0.156.